The summed E-state index contributed by atoms with van der Waals surface area (Å²) in [6.45, 7) is 6.41. The molecular formula is C33H34F4N2O4. The number of aromatic nitrogens is 1. The van der Waals surface area contributed by atoms with Crippen LogP contribution in [0.2, 0.25) is 0 Å². The molecule has 1 heterocycles. The molecule has 228 valence electrons. The summed E-state index contributed by atoms with van der Waals surface area (Å²) in [5.74, 6) is -5.35. The molecule has 0 unspecified atom stereocenters. The molecule has 0 saturated heterocycles. The van der Waals surface area contributed by atoms with Crippen molar-refractivity contribution in [3.8, 4) is 5.88 Å². The first-order chi connectivity index (χ1) is 20.1. The summed E-state index contributed by atoms with van der Waals surface area (Å²) in [5.41, 5.74) is 1.21. The molecule has 0 aliphatic heterocycles. The third kappa shape index (κ3) is 7.94. The molecule has 0 saturated carbocycles. The van der Waals surface area contributed by atoms with E-state index in [4.69, 9.17) is 4.74 Å². The number of aryl methyl sites for hydroxylation is 1. The average molecular weight is 599 g/mol. The highest BCUT2D eigenvalue weighted by Crippen LogP contribution is 2.38. The van der Waals surface area contributed by atoms with Gasteiger partial charge in [-0.3, -0.25) is 9.59 Å². The minimum Gasteiger partial charge on any atom is -0.494 e. The zero-order valence-corrected chi connectivity index (χ0v) is 24.3. The zero-order valence-electron chi connectivity index (χ0n) is 24.3. The Bertz CT molecular complexity index is 1600. The van der Waals surface area contributed by atoms with E-state index < -0.39 is 35.3 Å². The molecule has 3 aromatic carbocycles. The standard InChI is InChI=1S/C33H34F4N2O4/c1-20(33(35,36)37)29(30(41)38-24-8-5-7-21(17-24)13-16-28(40)43-32(2,3)4)23-14-11-22(12-15-23)18-39-19-26-25(31(39)42)9-6-10-27(26)34/h5-12,14-15,17,19-20,29,42H,13,16,18H2,1-4H3,(H,38,41)/t20-,29+/m0/s1. The molecule has 43 heavy (non-hydrogen) atoms. The van der Waals surface area contributed by atoms with E-state index in [0.29, 0.717) is 28.6 Å². The lowest BCUT2D eigenvalue weighted by atomic mass is 9.85. The second-order valence-electron chi connectivity index (χ2n) is 11.6. The fraction of sp³-hybridized carbons (Fsp3) is 0.333. The number of halogens is 4. The summed E-state index contributed by atoms with van der Waals surface area (Å²) in [6.07, 6.45) is -2.73. The summed E-state index contributed by atoms with van der Waals surface area (Å²) in [5, 5.41) is 13.7. The number of fused-ring (bicyclic) bond motifs is 1. The summed E-state index contributed by atoms with van der Waals surface area (Å²) < 4.78 is 62.6. The lowest BCUT2D eigenvalue weighted by Gasteiger charge is -2.26. The molecule has 0 bridgehead atoms. The molecule has 6 nitrogen and oxygen atoms in total. The van der Waals surface area contributed by atoms with Gasteiger partial charge in [-0.05, 0) is 68.1 Å². The normalized spacial score (nSPS) is 13.5. The average Bonchev–Trinajstić information content (AvgIpc) is 3.23. The number of carbonyl (C=O) groups excluding carboxylic acids is 2. The maximum Gasteiger partial charge on any atom is 0.392 e. The monoisotopic (exact) mass is 598 g/mol. The first kappa shape index (κ1) is 31.6. The van der Waals surface area contributed by atoms with Crippen LogP contribution in [-0.2, 0) is 27.3 Å². The Balaban J connectivity index is 1.51. The van der Waals surface area contributed by atoms with E-state index in [1.165, 1.54) is 35.0 Å². The molecule has 0 aliphatic rings. The van der Waals surface area contributed by atoms with Crippen LogP contribution in [0.3, 0.4) is 0 Å². The van der Waals surface area contributed by atoms with Gasteiger partial charge in [-0.2, -0.15) is 13.2 Å². The number of esters is 1. The molecule has 0 aliphatic carbocycles. The number of carbonyl (C=O) groups is 2. The van der Waals surface area contributed by atoms with Crippen LogP contribution in [0.4, 0.5) is 23.2 Å². The van der Waals surface area contributed by atoms with E-state index in [0.717, 1.165) is 6.92 Å². The van der Waals surface area contributed by atoms with Crippen molar-refractivity contribution in [2.75, 3.05) is 5.32 Å². The van der Waals surface area contributed by atoms with Gasteiger partial charge in [0.2, 0.25) is 5.91 Å². The predicted molar refractivity (Wildman–Crippen MR) is 156 cm³/mol. The number of nitrogens with zero attached hydrogens (tertiary/aromatic N) is 1. The maximum absolute atomic E-state index is 14.1. The van der Waals surface area contributed by atoms with Gasteiger partial charge in [-0.1, -0.05) is 49.4 Å². The Morgan fingerprint density at radius 1 is 0.953 bits per heavy atom. The Hall–Kier alpha value is -4.34. The van der Waals surface area contributed by atoms with E-state index in [2.05, 4.69) is 5.32 Å². The van der Waals surface area contributed by atoms with Crippen LogP contribution in [0.15, 0.2) is 72.9 Å². The van der Waals surface area contributed by atoms with Crippen LogP contribution >= 0.6 is 0 Å². The molecule has 2 N–H and O–H groups in total. The lowest BCUT2D eigenvalue weighted by molar-refractivity contribution is -0.178. The largest absolute Gasteiger partial charge is 0.494 e. The molecule has 2 atom stereocenters. The topological polar surface area (TPSA) is 80.6 Å². The number of nitrogens with one attached hydrogen (secondary N) is 1. The van der Waals surface area contributed by atoms with E-state index in [1.54, 1.807) is 63.2 Å². The molecule has 1 amide bonds. The SMILES string of the molecule is C[C@@H]([C@@H](C(=O)Nc1cccc(CCC(=O)OC(C)(C)C)c1)c1ccc(Cn2cc3c(F)cccc3c2O)cc1)C(F)(F)F. The van der Waals surface area contributed by atoms with Crippen molar-refractivity contribution in [3.63, 3.8) is 0 Å². The number of hydrogen-bond donors (Lipinski definition) is 2. The number of alkyl halides is 3. The fourth-order valence-corrected chi connectivity index (χ4v) is 4.90. The van der Waals surface area contributed by atoms with Gasteiger partial charge in [-0.25, -0.2) is 4.39 Å². The van der Waals surface area contributed by atoms with Gasteiger partial charge < -0.3 is 19.7 Å². The van der Waals surface area contributed by atoms with Crippen molar-refractivity contribution in [1.29, 1.82) is 0 Å². The molecule has 4 aromatic rings. The van der Waals surface area contributed by atoms with Crippen molar-refractivity contribution in [2.24, 2.45) is 5.92 Å². The van der Waals surface area contributed by atoms with Gasteiger partial charge in [0.05, 0.1) is 18.4 Å². The molecule has 0 spiro atoms. The summed E-state index contributed by atoms with van der Waals surface area (Å²) in [6, 6.07) is 17.1. The van der Waals surface area contributed by atoms with E-state index in [-0.39, 0.29) is 35.8 Å². The summed E-state index contributed by atoms with van der Waals surface area (Å²) >= 11 is 0. The number of amides is 1. The molecule has 4 rings (SSSR count). The van der Waals surface area contributed by atoms with Gasteiger partial charge in [0.15, 0.2) is 5.88 Å². The Labute approximate surface area is 247 Å². The predicted octanol–water partition coefficient (Wildman–Crippen LogP) is 7.73. The van der Waals surface area contributed by atoms with Crippen molar-refractivity contribution in [1.82, 2.24) is 4.57 Å². The minimum absolute atomic E-state index is 0.112. The van der Waals surface area contributed by atoms with Crippen LogP contribution < -0.4 is 5.32 Å². The van der Waals surface area contributed by atoms with Crippen LogP contribution in [0.1, 0.15) is 56.7 Å². The zero-order chi connectivity index (χ0) is 31.5. The second-order valence-corrected chi connectivity index (χ2v) is 11.6. The van der Waals surface area contributed by atoms with E-state index >= 15 is 0 Å². The van der Waals surface area contributed by atoms with Crippen molar-refractivity contribution in [3.05, 3.63) is 95.4 Å². The van der Waals surface area contributed by atoms with Crippen molar-refractivity contribution >= 4 is 28.3 Å². The third-order valence-corrected chi connectivity index (χ3v) is 7.07. The highest BCUT2D eigenvalue weighted by atomic mass is 19.4. The quantitative estimate of drug-likeness (QED) is 0.153. The maximum atomic E-state index is 14.1. The first-order valence-electron chi connectivity index (χ1n) is 13.9. The Morgan fingerprint density at radius 3 is 2.26 bits per heavy atom. The van der Waals surface area contributed by atoms with Crippen LogP contribution in [0.25, 0.3) is 10.8 Å². The van der Waals surface area contributed by atoms with Gasteiger partial charge in [-0.15, -0.1) is 0 Å². The number of rotatable bonds is 9. The third-order valence-electron chi connectivity index (χ3n) is 7.07. The number of ether oxygens (including phenoxy) is 1. The van der Waals surface area contributed by atoms with E-state index in [9.17, 15) is 32.3 Å². The van der Waals surface area contributed by atoms with Gasteiger partial charge in [0.25, 0.3) is 0 Å². The molecular weight excluding hydrogens is 564 g/mol. The van der Waals surface area contributed by atoms with Gasteiger partial charge in [0, 0.05) is 29.1 Å². The molecule has 0 radical (unpaired) electrons. The number of anilines is 1. The molecule has 1 aromatic heterocycles. The van der Waals surface area contributed by atoms with Crippen molar-refractivity contribution in [2.45, 2.75) is 64.8 Å². The smallest absolute Gasteiger partial charge is 0.392 e. The fourth-order valence-electron chi connectivity index (χ4n) is 4.90. The second kappa shape index (κ2) is 12.5. The summed E-state index contributed by atoms with van der Waals surface area (Å²) in [7, 11) is 0. The number of aromatic hydroxyl groups is 1. The Morgan fingerprint density at radius 2 is 1.63 bits per heavy atom. The number of benzene rings is 3. The number of hydrogen-bond acceptors (Lipinski definition) is 4. The first-order valence-corrected chi connectivity index (χ1v) is 13.9. The highest BCUT2D eigenvalue weighted by Gasteiger charge is 2.45. The van der Waals surface area contributed by atoms with Gasteiger partial charge >= 0.3 is 12.1 Å². The van der Waals surface area contributed by atoms with Crippen LogP contribution in [0.5, 0.6) is 5.88 Å². The lowest BCUT2D eigenvalue weighted by Crippen LogP contribution is -2.34. The highest BCUT2D eigenvalue weighted by molar-refractivity contribution is 5.96. The van der Waals surface area contributed by atoms with Crippen LogP contribution in [0, 0.1) is 11.7 Å². The Kier molecular flexibility index (Phi) is 9.18. The van der Waals surface area contributed by atoms with Crippen LogP contribution in [-0.4, -0.2) is 33.3 Å². The minimum atomic E-state index is -4.64. The molecule has 10 heteroatoms. The van der Waals surface area contributed by atoms with Gasteiger partial charge in [0.1, 0.15) is 11.4 Å². The molecule has 0 fully saturated rings. The summed E-state index contributed by atoms with van der Waals surface area (Å²) in [4.78, 5) is 25.4. The van der Waals surface area contributed by atoms with Crippen molar-refractivity contribution < 1.29 is 37.0 Å². The van der Waals surface area contributed by atoms with E-state index in [1.807, 2.05) is 0 Å².